The van der Waals surface area contributed by atoms with Crippen LogP contribution in [-0.4, -0.2) is 17.2 Å². The summed E-state index contributed by atoms with van der Waals surface area (Å²) in [5, 5.41) is 8.85. The molecule has 1 rings (SSSR count). The molecule has 0 aliphatic heterocycles. The van der Waals surface area contributed by atoms with Gasteiger partial charge in [0.15, 0.2) is 0 Å². The molecule has 0 saturated carbocycles. The minimum Gasteiger partial charge on any atom is -0.479 e. The van der Waals surface area contributed by atoms with Crippen LogP contribution in [0.4, 0.5) is 4.39 Å². The van der Waals surface area contributed by atoms with Gasteiger partial charge in [-0.3, -0.25) is 0 Å². The predicted molar refractivity (Wildman–Crippen MR) is 47.7 cm³/mol. The Balaban J connectivity index is 2.64. The zero-order valence-electron chi connectivity index (χ0n) is 6.71. The van der Waals surface area contributed by atoms with E-state index in [4.69, 9.17) is 16.7 Å². The van der Waals surface area contributed by atoms with Crippen molar-refractivity contribution >= 4 is 17.6 Å². The van der Waals surface area contributed by atoms with Gasteiger partial charge < -0.3 is 5.11 Å². The summed E-state index contributed by atoms with van der Waals surface area (Å²) < 4.78 is 12.7. The molecule has 1 aromatic carbocycles. The number of alkyl halides is 1. The van der Waals surface area contributed by atoms with E-state index in [-0.39, 0.29) is 6.42 Å². The van der Waals surface area contributed by atoms with Crippen LogP contribution in [0.2, 0.25) is 5.02 Å². The minimum atomic E-state index is -1.85. The van der Waals surface area contributed by atoms with Crippen molar-refractivity contribution < 1.29 is 14.3 Å². The molecule has 0 amide bonds. The van der Waals surface area contributed by atoms with Crippen LogP contribution >= 0.6 is 11.6 Å². The molecule has 0 heterocycles. The lowest BCUT2D eigenvalue weighted by atomic mass is 10.1. The first-order chi connectivity index (χ1) is 6.09. The quantitative estimate of drug-likeness (QED) is 0.817. The Morgan fingerprint density at radius 3 is 2.46 bits per heavy atom. The first-order valence-corrected chi connectivity index (χ1v) is 4.08. The van der Waals surface area contributed by atoms with Crippen molar-refractivity contribution in [1.29, 1.82) is 0 Å². The molecule has 2 nitrogen and oxygen atoms in total. The highest BCUT2D eigenvalue weighted by Gasteiger charge is 2.15. The third-order valence-electron chi connectivity index (χ3n) is 1.60. The number of halogens is 2. The minimum absolute atomic E-state index is 0.119. The molecule has 0 bridgehead atoms. The first kappa shape index (κ1) is 9.99. The summed E-state index contributed by atoms with van der Waals surface area (Å²) in [7, 11) is 0. The van der Waals surface area contributed by atoms with Gasteiger partial charge >= 0.3 is 5.97 Å². The lowest BCUT2D eigenvalue weighted by Crippen LogP contribution is -2.16. The van der Waals surface area contributed by atoms with Crippen LogP contribution < -0.4 is 0 Å². The Kier molecular flexibility index (Phi) is 3.25. The maximum absolute atomic E-state index is 12.7. The molecule has 0 fully saturated rings. The number of benzene rings is 1. The van der Waals surface area contributed by atoms with E-state index in [9.17, 15) is 9.18 Å². The van der Waals surface area contributed by atoms with Crippen molar-refractivity contribution in [3.63, 3.8) is 0 Å². The maximum atomic E-state index is 12.7. The molecule has 0 aliphatic rings. The average molecular weight is 203 g/mol. The fourth-order valence-electron chi connectivity index (χ4n) is 0.915. The number of carboxylic acids is 1. The lowest BCUT2D eigenvalue weighted by molar-refractivity contribution is -0.142. The molecule has 70 valence electrons. The number of rotatable bonds is 3. The van der Waals surface area contributed by atoms with Gasteiger partial charge in [0.05, 0.1) is 0 Å². The highest BCUT2D eigenvalue weighted by Crippen LogP contribution is 2.12. The summed E-state index contributed by atoms with van der Waals surface area (Å²) in [4.78, 5) is 10.2. The number of carboxylic acid groups (broad SMARTS) is 1. The van der Waals surface area contributed by atoms with Gasteiger partial charge in [0.2, 0.25) is 6.17 Å². The normalized spacial score (nSPS) is 12.5. The molecule has 0 saturated heterocycles. The molecule has 0 radical (unpaired) electrons. The first-order valence-electron chi connectivity index (χ1n) is 3.71. The third-order valence-corrected chi connectivity index (χ3v) is 1.85. The molecule has 0 aliphatic carbocycles. The summed E-state index contributed by atoms with van der Waals surface area (Å²) >= 11 is 5.60. The molecule has 0 spiro atoms. The summed E-state index contributed by atoms with van der Waals surface area (Å²) in [5.74, 6) is -1.44. The Morgan fingerprint density at radius 1 is 1.46 bits per heavy atom. The lowest BCUT2D eigenvalue weighted by Gasteiger charge is -2.02. The molecule has 13 heavy (non-hydrogen) atoms. The van der Waals surface area contributed by atoms with Crippen LogP contribution in [0.15, 0.2) is 24.3 Å². The SMILES string of the molecule is O=C(O)C(F)Cc1ccc(Cl)cc1. The highest BCUT2D eigenvalue weighted by molar-refractivity contribution is 6.30. The van der Waals surface area contributed by atoms with Crippen LogP contribution in [0.3, 0.4) is 0 Å². The second-order valence-corrected chi connectivity index (χ2v) is 3.07. The monoisotopic (exact) mass is 202 g/mol. The summed E-state index contributed by atoms with van der Waals surface area (Å²) in [5.41, 5.74) is 0.624. The van der Waals surface area contributed by atoms with E-state index in [0.29, 0.717) is 10.6 Å². The smallest absolute Gasteiger partial charge is 0.338 e. The van der Waals surface area contributed by atoms with Crippen LogP contribution in [0, 0.1) is 0 Å². The van der Waals surface area contributed by atoms with Gasteiger partial charge in [0.25, 0.3) is 0 Å². The molecule has 0 aromatic heterocycles. The number of hydrogen-bond acceptors (Lipinski definition) is 1. The fraction of sp³-hybridized carbons (Fsp3) is 0.222. The summed E-state index contributed by atoms with van der Waals surface area (Å²) in [6.07, 6.45) is -1.96. The van der Waals surface area contributed by atoms with E-state index >= 15 is 0 Å². The average Bonchev–Trinajstić information content (AvgIpc) is 2.08. The molecule has 1 atom stereocenters. The molecule has 1 N–H and O–H groups in total. The molecular weight excluding hydrogens is 195 g/mol. The number of hydrogen-bond donors (Lipinski definition) is 1. The largest absolute Gasteiger partial charge is 0.479 e. The highest BCUT2D eigenvalue weighted by atomic mass is 35.5. The Morgan fingerprint density at radius 2 is 2.00 bits per heavy atom. The fourth-order valence-corrected chi connectivity index (χ4v) is 1.04. The second kappa shape index (κ2) is 4.23. The van der Waals surface area contributed by atoms with Gasteiger partial charge in [-0.15, -0.1) is 0 Å². The van der Waals surface area contributed by atoms with Crippen LogP contribution in [0.25, 0.3) is 0 Å². The predicted octanol–water partition coefficient (Wildman–Crippen LogP) is 2.31. The van der Waals surface area contributed by atoms with E-state index in [0.717, 1.165) is 0 Å². The molecular formula is C9H8ClFO2. The van der Waals surface area contributed by atoms with Gasteiger partial charge in [-0.05, 0) is 17.7 Å². The molecule has 1 aromatic rings. The number of aliphatic carboxylic acids is 1. The Bertz CT molecular complexity index is 297. The van der Waals surface area contributed by atoms with E-state index in [1.54, 1.807) is 24.3 Å². The Labute approximate surface area is 80.0 Å². The van der Waals surface area contributed by atoms with Crippen molar-refractivity contribution in [3.8, 4) is 0 Å². The van der Waals surface area contributed by atoms with E-state index in [1.165, 1.54) is 0 Å². The van der Waals surface area contributed by atoms with E-state index in [1.807, 2.05) is 0 Å². The van der Waals surface area contributed by atoms with Crippen molar-refractivity contribution in [2.45, 2.75) is 12.6 Å². The standard InChI is InChI=1S/C9H8ClFO2/c10-7-3-1-6(2-4-7)5-8(11)9(12)13/h1-4,8H,5H2,(H,12,13). The van der Waals surface area contributed by atoms with Gasteiger partial charge in [0, 0.05) is 11.4 Å². The molecule has 1 unspecified atom stereocenters. The van der Waals surface area contributed by atoms with Crippen LogP contribution in [-0.2, 0) is 11.2 Å². The summed E-state index contributed by atoms with van der Waals surface area (Å²) in [6.45, 7) is 0. The van der Waals surface area contributed by atoms with Crippen molar-refractivity contribution in [3.05, 3.63) is 34.9 Å². The third kappa shape index (κ3) is 3.03. The number of carbonyl (C=O) groups is 1. The van der Waals surface area contributed by atoms with E-state index < -0.39 is 12.1 Å². The van der Waals surface area contributed by atoms with Crippen LogP contribution in [0.5, 0.6) is 0 Å². The molecule has 4 heteroatoms. The van der Waals surface area contributed by atoms with Gasteiger partial charge in [-0.1, -0.05) is 23.7 Å². The van der Waals surface area contributed by atoms with Crippen molar-refractivity contribution in [2.75, 3.05) is 0 Å². The zero-order valence-corrected chi connectivity index (χ0v) is 7.46. The van der Waals surface area contributed by atoms with Crippen molar-refractivity contribution in [1.82, 2.24) is 0 Å². The summed E-state index contributed by atoms with van der Waals surface area (Å²) in [6, 6.07) is 6.42. The topological polar surface area (TPSA) is 37.3 Å². The van der Waals surface area contributed by atoms with Crippen LogP contribution in [0.1, 0.15) is 5.56 Å². The second-order valence-electron chi connectivity index (χ2n) is 2.64. The van der Waals surface area contributed by atoms with Gasteiger partial charge in [0.1, 0.15) is 0 Å². The zero-order chi connectivity index (χ0) is 9.84. The van der Waals surface area contributed by atoms with Crippen molar-refractivity contribution in [2.24, 2.45) is 0 Å². The Hall–Kier alpha value is -1.09. The van der Waals surface area contributed by atoms with Gasteiger partial charge in [-0.2, -0.15) is 0 Å². The van der Waals surface area contributed by atoms with E-state index in [2.05, 4.69) is 0 Å². The maximum Gasteiger partial charge on any atom is 0.338 e. The van der Waals surface area contributed by atoms with Gasteiger partial charge in [-0.25, -0.2) is 9.18 Å².